The highest BCUT2D eigenvalue weighted by Crippen LogP contribution is 2.44. The summed E-state index contributed by atoms with van der Waals surface area (Å²) in [4.78, 5) is 28.5. The number of amides is 2. The lowest BCUT2D eigenvalue weighted by molar-refractivity contribution is -0.287. The molecule has 6 nitrogen and oxygen atoms in total. The zero-order valence-electron chi connectivity index (χ0n) is 13.5. The van der Waals surface area contributed by atoms with E-state index in [1.165, 1.54) is 41.8 Å². The number of urea groups is 1. The van der Waals surface area contributed by atoms with Crippen LogP contribution in [0.2, 0.25) is 5.02 Å². The molecule has 3 unspecified atom stereocenters. The maximum atomic E-state index is 13.7. The van der Waals surface area contributed by atoms with E-state index < -0.39 is 35.7 Å². The van der Waals surface area contributed by atoms with Crippen LogP contribution in [0, 0.1) is 5.92 Å². The smallest absolute Gasteiger partial charge is 0.363 e. The predicted molar refractivity (Wildman–Crippen MR) is 88.9 cm³/mol. The van der Waals surface area contributed by atoms with Crippen molar-refractivity contribution in [3.05, 3.63) is 64.9 Å². The van der Waals surface area contributed by atoms with E-state index in [-0.39, 0.29) is 16.1 Å². The van der Waals surface area contributed by atoms with Gasteiger partial charge in [0.25, 0.3) is 0 Å². The minimum absolute atomic E-state index is 0.0400. The van der Waals surface area contributed by atoms with Crippen LogP contribution in [-0.2, 0) is 0 Å². The average Bonchev–Trinajstić information content (AvgIpc) is 2.61. The van der Waals surface area contributed by atoms with Crippen LogP contribution in [0.15, 0.2) is 48.8 Å². The highest BCUT2D eigenvalue weighted by atomic mass is 35.5. The van der Waals surface area contributed by atoms with Gasteiger partial charge in [0.1, 0.15) is 5.92 Å². The number of rotatable bonds is 3. The first kappa shape index (κ1) is 19.1. The van der Waals surface area contributed by atoms with Crippen LogP contribution < -0.4 is 10.6 Å². The summed E-state index contributed by atoms with van der Waals surface area (Å²) in [6, 6.07) is 5.66. The van der Waals surface area contributed by atoms with Crippen LogP contribution in [0.4, 0.5) is 18.0 Å². The molecule has 1 aliphatic heterocycles. The number of nitrogens with one attached hydrogen (secondary N) is 2. The van der Waals surface area contributed by atoms with Crippen LogP contribution in [0.3, 0.4) is 0 Å². The van der Waals surface area contributed by atoms with Crippen molar-refractivity contribution >= 4 is 23.4 Å². The lowest BCUT2D eigenvalue weighted by Gasteiger charge is -2.45. The van der Waals surface area contributed by atoms with Gasteiger partial charge in [-0.1, -0.05) is 29.8 Å². The van der Waals surface area contributed by atoms with E-state index in [9.17, 15) is 27.9 Å². The average molecular weight is 400 g/mol. The van der Waals surface area contributed by atoms with Gasteiger partial charge in [0, 0.05) is 23.0 Å². The van der Waals surface area contributed by atoms with Crippen molar-refractivity contribution in [2.45, 2.75) is 17.9 Å². The van der Waals surface area contributed by atoms with Gasteiger partial charge in [-0.2, -0.15) is 13.2 Å². The molecule has 27 heavy (non-hydrogen) atoms. The second-order valence-electron chi connectivity index (χ2n) is 5.95. The number of halogens is 4. The van der Waals surface area contributed by atoms with E-state index in [0.717, 1.165) is 6.20 Å². The topological polar surface area (TPSA) is 91.3 Å². The largest absolute Gasteiger partial charge is 0.437 e. The Hall–Kier alpha value is -2.65. The fourth-order valence-corrected chi connectivity index (χ4v) is 3.27. The summed E-state index contributed by atoms with van der Waals surface area (Å²) in [6.45, 7) is 0. The molecular weight excluding hydrogens is 387 g/mol. The first-order valence-corrected chi connectivity index (χ1v) is 8.09. The lowest BCUT2D eigenvalue weighted by Crippen LogP contribution is -2.72. The molecule has 1 aromatic carbocycles. The monoisotopic (exact) mass is 399 g/mol. The van der Waals surface area contributed by atoms with E-state index in [1.807, 2.05) is 0 Å². The van der Waals surface area contributed by atoms with Crippen LogP contribution in [0.1, 0.15) is 22.0 Å². The standard InChI is InChI=1S/C17H13ClF3N3O3/c18-11-6-2-1-5-10(11)13-12(14(25)9-4-3-7-22-8-9)16(27,17(19,20)21)24-15(26)23-13/h1-8,12-13,27H,(H2,23,24,26). The number of pyridine rings is 1. The fraction of sp³-hybridized carbons (Fsp3) is 0.235. The van der Waals surface area contributed by atoms with Crippen molar-refractivity contribution in [2.75, 3.05) is 0 Å². The number of carbonyl (C=O) groups excluding carboxylic acids is 2. The van der Waals surface area contributed by atoms with E-state index in [4.69, 9.17) is 11.6 Å². The number of aliphatic hydroxyl groups is 1. The van der Waals surface area contributed by atoms with Crippen molar-refractivity contribution in [1.82, 2.24) is 15.6 Å². The zero-order chi connectivity index (χ0) is 19.8. The number of nitrogens with zero attached hydrogens (tertiary/aromatic N) is 1. The van der Waals surface area contributed by atoms with Crippen molar-refractivity contribution in [3.8, 4) is 0 Å². The summed E-state index contributed by atoms with van der Waals surface area (Å²) in [5.41, 5.74) is -3.88. The molecule has 2 amide bonds. The molecule has 2 aromatic rings. The minimum Gasteiger partial charge on any atom is -0.363 e. The summed E-state index contributed by atoms with van der Waals surface area (Å²) in [7, 11) is 0. The number of ketones is 1. The molecule has 1 aromatic heterocycles. The first-order valence-electron chi connectivity index (χ1n) is 7.71. The molecule has 2 heterocycles. The number of hydrogen-bond donors (Lipinski definition) is 3. The molecule has 1 fully saturated rings. The van der Waals surface area contributed by atoms with Crippen molar-refractivity contribution in [3.63, 3.8) is 0 Å². The van der Waals surface area contributed by atoms with Crippen LogP contribution >= 0.6 is 11.6 Å². The molecule has 0 aliphatic carbocycles. The number of hydrogen-bond acceptors (Lipinski definition) is 4. The second-order valence-corrected chi connectivity index (χ2v) is 6.35. The Bertz CT molecular complexity index is 878. The third-order valence-corrected chi connectivity index (χ3v) is 4.62. The maximum Gasteiger partial charge on any atom is 0.437 e. The Kier molecular flexibility index (Phi) is 4.83. The summed E-state index contributed by atoms with van der Waals surface area (Å²) in [6.07, 6.45) is -2.90. The molecule has 3 rings (SSSR count). The van der Waals surface area contributed by atoms with Gasteiger partial charge >= 0.3 is 12.2 Å². The predicted octanol–water partition coefficient (Wildman–Crippen LogP) is 2.84. The van der Waals surface area contributed by atoms with Gasteiger partial charge in [0.05, 0.1) is 6.04 Å². The molecule has 10 heteroatoms. The molecule has 142 valence electrons. The maximum absolute atomic E-state index is 13.7. The van der Waals surface area contributed by atoms with E-state index in [0.29, 0.717) is 0 Å². The van der Waals surface area contributed by atoms with Crippen molar-refractivity contribution < 1.29 is 27.9 Å². The quantitative estimate of drug-likeness (QED) is 0.692. The van der Waals surface area contributed by atoms with Gasteiger partial charge in [0.2, 0.25) is 5.72 Å². The SMILES string of the molecule is O=C1NC(c2ccccc2Cl)C(C(=O)c2cccnc2)C(O)(C(F)(F)F)N1. The number of alkyl halides is 3. The molecular formula is C17H13ClF3N3O3. The number of carbonyl (C=O) groups is 2. The summed E-state index contributed by atoms with van der Waals surface area (Å²) < 4.78 is 41.2. The molecule has 0 bridgehead atoms. The number of Topliss-reactive ketones (excluding diaryl/α,β-unsaturated/α-hetero) is 1. The first-order chi connectivity index (χ1) is 12.6. The molecule has 3 N–H and O–H groups in total. The molecule has 0 spiro atoms. The number of benzene rings is 1. The normalized spacial score (nSPS) is 25.4. The Morgan fingerprint density at radius 3 is 2.52 bits per heavy atom. The minimum atomic E-state index is -5.33. The zero-order valence-corrected chi connectivity index (χ0v) is 14.3. The third kappa shape index (κ3) is 3.35. The van der Waals surface area contributed by atoms with E-state index in [2.05, 4.69) is 10.3 Å². The number of aromatic nitrogens is 1. The van der Waals surface area contributed by atoms with Gasteiger partial charge in [-0.15, -0.1) is 0 Å². The van der Waals surface area contributed by atoms with Gasteiger partial charge < -0.3 is 15.7 Å². The van der Waals surface area contributed by atoms with Crippen LogP contribution in [0.25, 0.3) is 0 Å². The molecule has 1 aliphatic rings. The van der Waals surface area contributed by atoms with Crippen molar-refractivity contribution in [1.29, 1.82) is 0 Å². The van der Waals surface area contributed by atoms with E-state index in [1.54, 1.807) is 6.07 Å². The van der Waals surface area contributed by atoms with Gasteiger partial charge in [0.15, 0.2) is 5.78 Å². The van der Waals surface area contributed by atoms with Gasteiger partial charge in [-0.3, -0.25) is 9.78 Å². The summed E-state index contributed by atoms with van der Waals surface area (Å²) >= 11 is 6.07. The van der Waals surface area contributed by atoms with Gasteiger partial charge in [-0.05, 0) is 23.8 Å². The molecule has 3 atom stereocenters. The van der Waals surface area contributed by atoms with Crippen molar-refractivity contribution in [2.24, 2.45) is 5.92 Å². The summed E-state index contributed by atoms with van der Waals surface area (Å²) in [5.74, 6) is -3.19. The molecule has 0 saturated carbocycles. The highest BCUT2D eigenvalue weighted by molar-refractivity contribution is 6.31. The third-order valence-electron chi connectivity index (χ3n) is 4.28. The Morgan fingerprint density at radius 2 is 1.93 bits per heavy atom. The summed E-state index contributed by atoms with van der Waals surface area (Å²) in [5, 5.41) is 14.2. The Morgan fingerprint density at radius 1 is 1.22 bits per heavy atom. The molecule has 0 radical (unpaired) electrons. The Balaban J connectivity index is 2.19. The highest BCUT2D eigenvalue weighted by Gasteiger charge is 2.66. The fourth-order valence-electron chi connectivity index (χ4n) is 3.01. The lowest BCUT2D eigenvalue weighted by atomic mass is 9.77. The van der Waals surface area contributed by atoms with Crippen LogP contribution in [-0.4, -0.2) is 33.8 Å². The van der Waals surface area contributed by atoms with Crippen LogP contribution in [0.5, 0.6) is 0 Å². The Labute approximate surface area is 156 Å². The second kappa shape index (κ2) is 6.82. The van der Waals surface area contributed by atoms with Gasteiger partial charge in [-0.25, -0.2) is 4.79 Å². The molecule has 1 saturated heterocycles. The van der Waals surface area contributed by atoms with E-state index >= 15 is 0 Å².